The van der Waals surface area contributed by atoms with E-state index < -0.39 is 5.54 Å². The molecule has 4 heteroatoms. The Balaban J connectivity index is 2.51. The van der Waals surface area contributed by atoms with Crippen LogP contribution in [0.1, 0.15) is 17.4 Å². The van der Waals surface area contributed by atoms with Gasteiger partial charge in [-0.05, 0) is 36.1 Å². The van der Waals surface area contributed by atoms with Gasteiger partial charge in [0.05, 0.1) is 10.6 Å². The topological polar surface area (TPSA) is 26.0 Å². The minimum Gasteiger partial charge on any atom is -0.317 e. The Labute approximate surface area is 103 Å². The van der Waals surface area contributed by atoms with Crippen molar-refractivity contribution in [3.63, 3.8) is 0 Å². The fourth-order valence-corrected chi connectivity index (χ4v) is 2.96. The van der Waals surface area contributed by atoms with Gasteiger partial charge in [-0.3, -0.25) is 0 Å². The molecule has 2 N–H and O–H groups in total. The molecule has 1 aromatic heterocycles. The highest BCUT2D eigenvalue weighted by molar-refractivity contribution is 7.10. The van der Waals surface area contributed by atoms with Gasteiger partial charge in [-0.15, -0.1) is 11.3 Å². The van der Waals surface area contributed by atoms with Crippen LogP contribution < -0.4 is 5.73 Å². The van der Waals surface area contributed by atoms with Crippen molar-refractivity contribution in [3.8, 4) is 0 Å². The Kier molecular flexibility index (Phi) is 3.02. The Morgan fingerprint density at radius 3 is 2.69 bits per heavy atom. The summed E-state index contributed by atoms with van der Waals surface area (Å²) >= 11 is 7.53. The van der Waals surface area contributed by atoms with E-state index in [1.807, 2.05) is 12.3 Å². The van der Waals surface area contributed by atoms with E-state index in [2.05, 4.69) is 0 Å². The van der Waals surface area contributed by atoms with E-state index in [0.717, 1.165) is 10.4 Å². The summed E-state index contributed by atoms with van der Waals surface area (Å²) in [5, 5.41) is 2.50. The third-order valence-corrected chi connectivity index (χ3v) is 4.09. The highest BCUT2D eigenvalue weighted by Crippen LogP contribution is 2.35. The lowest BCUT2D eigenvalue weighted by atomic mass is 9.91. The largest absolute Gasteiger partial charge is 0.317 e. The quantitative estimate of drug-likeness (QED) is 0.869. The van der Waals surface area contributed by atoms with Crippen molar-refractivity contribution in [1.29, 1.82) is 0 Å². The first-order valence-electron chi connectivity index (χ1n) is 4.80. The zero-order chi connectivity index (χ0) is 11.8. The van der Waals surface area contributed by atoms with E-state index in [4.69, 9.17) is 17.3 Å². The molecule has 16 heavy (non-hydrogen) atoms. The van der Waals surface area contributed by atoms with E-state index in [-0.39, 0.29) is 5.82 Å². The maximum Gasteiger partial charge on any atom is 0.123 e. The molecule has 0 spiro atoms. The second kappa shape index (κ2) is 4.17. The van der Waals surface area contributed by atoms with Gasteiger partial charge in [0.15, 0.2) is 0 Å². The van der Waals surface area contributed by atoms with Crippen LogP contribution in [-0.2, 0) is 5.54 Å². The third-order valence-electron chi connectivity index (χ3n) is 2.51. The first kappa shape index (κ1) is 11.6. The van der Waals surface area contributed by atoms with Gasteiger partial charge in [0.2, 0.25) is 0 Å². The predicted molar refractivity (Wildman–Crippen MR) is 66.4 cm³/mol. The van der Waals surface area contributed by atoms with E-state index in [1.54, 1.807) is 18.2 Å². The predicted octanol–water partition coefficient (Wildman–Crippen LogP) is 3.76. The van der Waals surface area contributed by atoms with Crippen LogP contribution in [0.5, 0.6) is 0 Å². The van der Waals surface area contributed by atoms with Crippen LogP contribution in [0, 0.1) is 5.82 Å². The Morgan fingerprint density at radius 2 is 2.12 bits per heavy atom. The number of hydrogen-bond acceptors (Lipinski definition) is 2. The smallest absolute Gasteiger partial charge is 0.123 e. The number of halogens is 2. The van der Waals surface area contributed by atoms with Crippen molar-refractivity contribution in [2.24, 2.45) is 5.73 Å². The highest BCUT2D eigenvalue weighted by atomic mass is 35.5. The molecule has 2 aromatic rings. The Hall–Kier alpha value is -0.900. The first-order chi connectivity index (χ1) is 7.51. The maximum absolute atomic E-state index is 13.2. The summed E-state index contributed by atoms with van der Waals surface area (Å²) in [5.41, 5.74) is 6.20. The average Bonchev–Trinajstić information content (AvgIpc) is 2.65. The van der Waals surface area contributed by atoms with Crippen molar-refractivity contribution < 1.29 is 4.39 Å². The summed E-state index contributed by atoms with van der Waals surface area (Å²) < 4.78 is 13.2. The fourth-order valence-electron chi connectivity index (χ4n) is 1.61. The molecule has 0 amide bonds. The zero-order valence-electron chi connectivity index (χ0n) is 8.71. The van der Waals surface area contributed by atoms with Crippen molar-refractivity contribution in [3.05, 3.63) is 57.0 Å². The van der Waals surface area contributed by atoms with Crippen LogP contribution >= 0.6 is 22.9 Å². The number of hydrogen-bond donors (Lipinski definition) is 1. The summed E-state index contributed by atoms with van der Waals surface area (Å²) in [6, 6.07) is 8.09. The van der Waals surface area contributed by atoms with E-state index in [0.29, 0.717) is 5.02 Å². The third kappa shape index (κ3) is 1.98. The molecule has 0 saturated carbocycles. The van der Waals surface area contributed by atoms with E-state index >= 15 is 0 Å². The molecule has 0 aliphatic heterocycles. The van der Waals surface area contributed by atoms with Crippen LogP contribution in [0.2, 0.25) is 5.02 Å². The molecule has 1 atom stereocenters. The zero-order valence-corrected chi connectivity index (χ0v) is 10.3. The second-order valence-corrected chi connectivity index (χ2v) is 5.13. The molecule has 0 radical (unpaired) electrons. The summed E-state index contributed by atoms with van der Waals surface area (Å²) in [6.07, 6.45) is 0. The summed E-state index contributed by atoms with van der Waals surface area (Å²) in [7, 11) is 0. The Morgan fingerprint density at radius 1 is 1.38 bits per heavy atom. The molecule has 0 saturated heterocycles. The number of benzene rings is 1. The van der Waals surface area contributed by atoms with Gasteiger partial charge in [-0.1, -0.05) is 23.7 Å². The molecule has 1 nitrogen and oxygen atoms in total. The first-order valence-corrected chi connectivity index (χ1v) is 6.06. The number of rotatable bonds is 2. The van der Waals surface area contributed by atoms with Gasteiger partial charge in [-0.2, -0.15) is 0 Å². The summed E-state index contributed by atoms with van der Waals surface area (Å²) in [6.45, 7) is 1.83. The summed E-state index contributed by atoms with van der Waals surface area (Å²) in [5.74, 6) is -0.290. The van der Waals surface area contributed by atoms with Crippen molar-refractivity contribution >= 4 is 22.9 Å². The lowest BCUT2D eigenvalue weighted by molar-refractivity contribution is 0.590. The van der Waals surface area contributed by atoms with E-state index in [9.17, 15) is 4.39 Å². The molecular formula is C12H11ClFNS. The number of nitrogens with two attached hydrogens (primary N) is 1. The van der Waals surface area contributed by atoms with Crippen molar-refractivity contribution in [2.45, 2.75) is 12.5 Å². The van der Waals surface area contributed by atoms with Crippen molar-refractivity contribution in [1.82, 2.24) is 0 Å². The van der Waals surface area contributed by atoms with E-state index in [1.165, 1.54) is 23.5 Å². The molecule has 1 unspecified atom stereocenters. The fraction of sp³-hybridized carbons (Fsp3) is 0.167. The molecule has 0 fully saturated rings. The van der Waals surface area contributed by atoms with Gasteiger partial charge in [0.25, 0.3) is 0 Å². The molecule has 2 rings (SSSR count). The van der Waals surface area contributed by atoms with Crippen LogP contribution in [-0.4, -0.2) is 0 Å². The monoisotopic (exact) mass is 255 g/mol. The minimum atomic E-state index is -0.757. The minimum absolute atomic E-state index is 0.290. The maximum atomic E-state index is 13.2. The van der Waals surface area contributed by atoms with Crippen LogP contribution in [0.4, 0.5) is 4.39 Å². The van der Waals surface area contributed by atoms with Crippen LogP contribution in [0.25, 0.3) is 0 Å². The molecule has 0 bridgehead atoms. The van der Waals surface area contributed by atoms with Crippen molar-refractivity contribution in [2.75, 3.05) is 0 Å². The summed E-state index contributed by atoms with van der Waals surface area (Å²) in [4.78, 5) is 0.847. The SMILES string of the molecule is CC(N)(c1cccc(F)c1)c1sccc1Cl. The molecule has 0 aliphatic carbocycles. The van der Waals surface area contributed by atoms with Gasteiger partial charge < -0.3 is 5.73 Å². The van der Waals surface area contributed by atoms with Gasteiger partial charge in [0.1, 0.15) is 5.82 Å². The standard InChI is InChI=1S/C12H11ClFNS/c1-12(15,11-10(13)5-6-16-11)8-3-2-4-9(14)7-8/h2-7H,15H2,1H3. The van der Waals surface area contributed by atoms with Gasteiger partial charge in [-0.25, -0.2) is 4.39 Å². The molecular weight excluding hydrogens is 245 g/mol. The van der Waals surface area contributed by atoms with Crippen LogP contribution in [0.3, 0.4) is 0 Å². The second-order valence-electron chi connectivity index (χ2n) is 3.81. The Bertz CT molecular complexity index is 507. The lowest BCUT2D eigenvalue weighted by Crippen LogP contribution is -2.33. The van der Waals surface area contributed by atoms with Crippen LogP contribution in [0.15, 0.2) is 35.7 Å². The normalized spacial score (nSPS) is 14.8. The van der Waals surface area contributed by atoms with Gasteiger partial charge in [0, 0.05) is 4.88 Å². The molecule has 1 aromatic carbocycles. The highest BCUT2D eigenvalue weighted by Gasteiger charge is 2.27. The lowest BCUT2D eigenvalue weighted by Gasteiger charge is -2.24. The molecule has 1 heterocycles. The molecule has 0 aliphatic rings. The average molecular weight is 256 g/mol. The van der Waals surface area contributed by atoms with Gasteiger partial charge >= 0.3 is 0 Å². The molecule has 84 valence electrons. The number of thiophene rings is 1.